The Labute approximate surface area is 216 Å². The molecule has 0 radical (unpaired) electrons. The summed E-state index contributed by atoms with van der Waals surface area (Å²) in [4.78, 5) is 38.5. The number of halogens is 3. The van der Waals surface area contributed by atoms with Gasteiger partial charge >= 0.3 is 5.97 Å². The third-order valence-corrected chi connectivity index (χ3v) is 10.3. The fraction of sp³-hybridized carbons (Fsp3) is 0.750. The fourth-order valence-electron chi connectivity index (χ4n) is 8.33. The van der Waals surface area contributed by atoms with E-state index in [1.807, 2.05) is 20.8 Å². The molecule has 0 heterocycles. The maximum atomic E-state index is 17.3. The van der Waals surface area contributed by atoms with Crippen molar-refractivity contribution in [1.29, 1.82) is 0 Å². The average Bonchev–Trinajstić information content (AvgIpc) is 3.04. The first-order valence-corrected chi connectivity index (χ1v) is 13.7. The van der Waals surface area contributed by atoms with Gasteiger partial charge in [-0.2, -0.15) is 0 Å². The van der Waals surface area contributed by atoms with Crippen molar-refractivity contribution in [2.24, 2.45) is 28.6 Å². The average molecular weight is 527 g/mol. The van der Waals surface area contributed by atoms with Crippen molar-refractivity contribution in [3.05, 3.63) is 23.6 Å². The smallest absolute Gasteiger partial charge is 0.306 e. The molecule has 36 heavy (non-hydrogen) atoms. The zero-order valence-corrected chi connectivity index (χ0v) is 22.3. The molecular formula is C28H37ClF2O5. The summed E-state index contributed by atoms with van der Waals surface area (Å²) in [6, 6.07) is 0. The second-order valence-electron chi connectivity index (χ2n) is 11.7. The van der Waals surface area contributed by atoms with Gasteiger partial charge < -0.3 is 9.84 Å². The number of unbranched alkanes of at least 4 members (excludes halogenated alkanes) is 2. The highest BCUT2D eigenvalue weighted by Gasteiger charge is 2.77. The Balaban J connectivity index is 1.78. The van der Waals surface area contributed by atoms with Crippen molar-refractivity contribution >= 4 is 29.1 Å². The van der Waals surface area contributed by atoms with Gasteiger partial charge in [-0.3, -0.25) is 14.4 Å². The third kappa shape index (κ3) is 3.44. The second-order valence-corrected chi connectivity index (χ2v) is 12.0. The standard InChI is InChI=1S/C28H37ClF2O5/c1-5-6-7-8-23(35)36-28(22(34)15-29)16(2)13-19-17-9-10-18-24(30)20(32)11-12-25(18,3)27(17,31)21(33)14-26(19,28)4/h11-12,16-17,19,21,33H,5-10,13-15H2,1-4H3/t16-,17-,19-,21-,25-,26-,27-,28-/m0/s1. The number of allylic oxidation sites excluding steroid dienone is 4. The van der Waals surface area contributed by atoms with Gasteiger partial charge in [0.05, 0.1) is 12.0 Å². The van der Waals surface area contributed by atoms with Crippen LogP contribution in [0.2, 0.25) is 0 Å². The molecule has 0 bridgehead atoms. The fourth-order valence-corrected chi connectivity index (χ4v) is 8.53. The van der Waals surface area contributed by atoms with Gasteiger partial charge in [0.2, 0.25) is 5.78 Å². The number of ketones is 2. The summed E-state index contributed by atoms with van der Waals surface area (Å²) in [5, 5.41) is 11.5. The number of aliphatic hydroxyl groups is 1. The largest absolute Gasteiger partial charge is 0.450 e. The van der Waals surface area contributed by atoms with Crippen LogP contribution in [0.1, 0.15) is 79.1 Å². The van der Waals surface area contributed by atoms with Gasteiger partial charge in [-0.15, -0.1) is 11.6 Å². The van der Waals surface area contributed by atoms with Crippen molar-refractivity contribution in [3.63, 3.8) is 0 Å². The molecule has 0 aromatic rings. The molecule has 8 heteroatoms. The molecule has 0 amide bonds. The molecule has 200 valence electrons. The van der Waals surface area contributed by atoms with Crippen LogP contribution in [0.5, 0.6) is 0 Å². The number of Topliss-reactive ketones (excluding diaryl/α,β-unsaturated/α-hetero) is 1. The van der Waals surface area contributed by atoms with Gasteiger partial charge in [0.1, 0.15) is 0 Å². The van der Waals surface area contributed by atoms with E-state index in [0.717, 1.165) is 18.9 Å². The van der Waals surface area contributed by atoms with Gasteiger partial charge in [-0.1, -0.05) is 39.7 Å². The summed E-state index contributed by atoms with van der Waals surface area (Å²) in [5.74, 6) is -4.58. The van der Waals surface area contributed by atoms with E-state index in [0.29, 0.717) is 12.8 Å². The molecule has 4 aliphatic carbocycles. The minimum Gasteiger partial charge on any atom is -0.450 e. The Morgan fingerprint density at radius 2 is 1.94 bits per heavy atom. The number of esters is 1. The van der Waals surface area contributed by atoms with E-state index in [1.54, 1.807) is 6.92 Å². The van der Waals surface area contributed by atoms with Crippen molar-refractivity contribution < 1.29 is 33.0 Å². The number of ether oxygens (including phenoxy) is 1. The van der Waals surface area contributed by atoms with Crippen molar-refractivity contribution in [2.75, 3.05) is 5.88 Å². The highest BCUT2D eigenvalue weighted by molar-refractivity contribution is 6.29. The summed E-state index contributed by atoms with van der Waals surface area (Å²) in [5.41, 5.74) is -6.28. The summed E-state index contributed by atoms with van der Waals surface area (Å²) < 4.78 is 38.3. The van der Waals surface area contributed by atoms with Gasteiger partial charge in [0, 0.05) is 29.1 Å². The number of carbonyl (C=O) groups excluding carboxylic acids is 3. The van der Waals surface area contributed by atoms with Crippen LogP contribution >= 0.6 is 11.6 Å². The molecule has 3 saturated carbocycles. The van der Waals surface area contributed by atoms with Crippen LogP contribution in [0.25, 0.3) is 0 Å². The molecule has 0 aromatic carbocycles. The van der Waals surface area contributed by atoms with Gasteiger partial charge in [0.15, 0.2) is 22.9 Å². The Morgan fingerprint density at radius 1 is 1.25 bits per heavy atom. The molecule has 1 N–H and O–H groups in total. The van der Waals surface area contributed by atoms with E-state index in [-0.39, 0.29) is 37.1 Å². The van der Waals surface area contributed by atoms with Gasteiger partial charge in [-0.25, -0.2) is 8.78 Å². The zero-order chi connectivity index (χ0) is 26.7. The minimum atomic E-state index is -2.25. The van der Waals surface area contributed by atoms with Crippen LogP contribution in [-0.2, 0) is 19.1 Å². The zero-order valence-electron chi connectivity index (χ0n) is 21.5. The van der Waals surface area contributed by atoms with Crippen molar-refractivity contribution in [1.82, 2.24) is 0 Å². The maximum Gasteiger partial charge on any atom is 0.306 e. The molecule has 0 spiro atoms. The third-order valence-electron chi connectivity index (χ3n) is 10.1. The Bertz CT molecular complexity index is 1030. The number of hydrogen-bond donors (Lipinski definition) is 1. The lowest BCUT2D eigenvalue weighted by atomic mass is 9.44. The lowest BCUT2D eigenvalue weighted by Gasteiger charge is -2.62. The highest BCUT2D eigenvalue weighted by atomic mass is 35.5. The van der Waals surface area contributed by atoms with Gasteiger partial charge in [-0.05, 0) is 56.6 Å². The molecule has 5 nitrogen and oxygen atoms in total. The normalized spacial score (nSPS) is 43.6. The van der Waals surface area contributed by atoms with Crippen LogP contribution in [0.3, 0.4) is 0 Å². The molecule has 0 saturated heterocycles. The Kier molecular flexibility index (Phi) is 7.09. The summed E-state index contributed by atoms with van der Waals surface area (Å²) in [7, 11) is 0. The van der Waals surface area contributed by atoms with E-state index >= 15 is 4.39 Å². The lowest BCUT2D eigenvalue weighted by Crippen LogP contribution is -2.70. The summed E-state index contributed by atoms with van der Waals surface area (Å²) in [6.45, 7) is 7.21. The maximum absolute atomic E-state index is 17.3. The SMILES string of the molecule is CCCCCC(=O)O[C@]1(C(=O)CCl)[C@@H](C)C[C@H]2[C@@H]3CCC4=C(F)C(=O)C=C[C@]4(C)[C@@]3(F)[C@@H](O)C[C@@]21C. The van der Waals surface area contributed by atoms with E-state index in [1.165, 1.54) is 6.08 Å². The highest BCUT2D eigenvalue weighted by Crippen LogP contribution is 2.71. The van der Waals surface area contributed by atoms with E-state index in [9.17, 15) is 23.9 Å². The predicted octanol–water partition coefficient (Wildman–Crippen LogP) is 5.57. The van der Waals surface area contributed by atoms with Crippen LogP contribution < -0.4 is 0 Å². The number of alkyl halides is 2. The molecule has 0 unspecified atom stereocenters. The number of rotatable bonds is 7. The van der Waals surface area contributed by atoms with Crippen molar-refractivity contribution in [3.8, 4) is 0 Å². The van der Waals surface area contributed by atoms with Crippen LogP contribution in [0.4, 0.5) is 8.78 Å². The van der Waals surface area contributed by atoms with E-state index < -0.39 is 69.3 Å². The second kappa shape index (κ2) is 9.30. The lowest BCUT2D eigenvalue weighted by molar-refractivity contribution is -0.227. The predicted molar refractivity (Wildman–Crippen MR) is 132 cm³/mol. The van der Waals surface area contributed by atoms with E-state index in [2.05, 4.69) is 0 Å². The molecule has 3 fully saturated rings. The Hall–Kier alpha value is -1.60. The quantitative estimate of drug-likeness (QED) is 0.266. The first-order valence-electron chi connectivity index (χ1n) is 13.2. The molecule has 4 rings (SSSR count). The van der Waals surface area contributed by atoms with Crippen LogP contribution in [-0.4, -0.2) is 45.9 Å². The van der Waals surface area contributed by atoms with Crippen molar-refractivity contribution in [2.45, 2.75) is 96.4 Å². The van der Waals surface area contributed by atoms with E-state index in [4.69, 9.17) is 16.3 Å². The van der Waals surface area contributed by atoms with Crippen LogP contribution in [0.15, 0.2) is 23.6 Å². The molecule has 0 aliphatic heterocycles. The number of hydrogen-bond acceptors (Lipinski definition) is 5. The number of carbonyl (C=O) groups is 3. The Morgan fingerprint density at radius 3 is 2.58 bits per heavy atom. The van der Waals surface area contributed by atoms with Crippen LogP contribution in [0, 0.1) is 28.6 Å². The topological polar surface area (TPSA) is 80.7 Å². The molecule has 0 aromatic heterocycles. The molecule has 4 aliphatic rings. The molecule has 8 atom stereocenters. The first-order chi connectivity index (χ1) is 16.8. The minimum absolute atomic E-state index is 0.0906. The summed E-state index contributed by atoms with van der Waals surface area (Å²) >= 11 is 6.07. The molecular weight excluding hydrogens is 490 g/mol. The first kappa shape index (κ1) is 27.4. The van der Waals surface area contributed by atoms with Gasteiger partial charge in [0.25, 0.3) is 0 Å². The monoisotopic (exact) mass is 526 g/mol. The summed E-state index contributed by atoms with van der Waals surface area (Å²) in [6.07, 6.45) is 4.13. The number of aliphatic hydroxyl groups excluding tert-OH is 1. The number of fused-ring (bicyclic) bond motifs is 5.